The third kappa shape index (κ3) is 4.37. The number of nitrogens with one attached hydrogen (secondary N) is 1. The Kier molecular flexibility index (Phi) is 5.76. The normalized spacial score (nSPS) is 14.1. The van der Waals surface area contributed by atoms with Gasteiger partial charge >= 0.3 is 12.1 Å². The summed E-state index contributed by atoms with van der Waals surface area (Å²) in [5.74, 6) is -1.46. The number of aliphatic carboxylic acids is 1. The van der Waals surface area contributed by atoms with Crippen LogP contribution in [-0.4, -0.2) is 47.2 Å². The van der Waals surface area contributed by atoms with E-state index in [-0.39, 0.29) is 31.0 Å². The highest BCUT2D eigenvalue weighted by Crippen LogP contribution is 2.44. The molecule has 0 aromatic heterocycles. The standard InChI is InChI=1S/C27H24N2O5/c30-25(31)15-29(19-12-13-19)26(32)17-6-5-7-18(14-17)28-27(33)34-16-24-22-10-3-1-8-20(22)21-9-2-4-11-23(21)24/h1-11,14,19,24H,12-13,15-16H2,(H,28,33)(H,30,31). The van der Waals surface area contributed by atoms with Crippen LogP contribution in [0, 0.1) is 0 Å². The van der Waals surface area contributed by atoms with E-state index < -0.39 is 12.1 Å². The quantitative estimate of drug-likeness (QED) is 0.536. The molecular weight excluding hydrogens is 432 g/mol. The molecule has 0 atom stereocenters. The summed E-state index contributed by atoms with van der Waals surface area (Å²) < 4.78 is 5.57. The third-order valence-corrected chi connectivity index (χ3v) is 6.25. The second-order valence-electron chi connectivity index (χ2n) is 8.59. The fraction of sp³-hybridized carbons (Fsp3) is 0.222. The minimum atomic E-state index is -1.05. The Morgan fingerprint density at radius 2 is 1.56 bits per heavy atom. The van der Waals surface area contributed by atoms with Gasteiger partial charge in [-0.2, -0.15) is 0 Å². The third-order valence-electron chi connectivity index (χ3n) is 6.25. The number of fused-ring (bicyclic) bond motifs is 3. The molecule has 0 heterocycles. The summed E-state index contributed by atoms with van der Waals surface area (Å²) in [6.07, 6.45) is 0.990. The molecule has 2 amide bonds. The Morgan fingerprint density at radius 1 is 0.912 bits per heavy atom. The molecule has 0 saturated heterocycles. The van der Waals surface area contributed by atoms with Gasteiger partial charge in [0.2, 0.25) is 0 Å². The smallest absolute Gasteiger partial charge is 0.411 e. The van der Waals surface area contributed by atoms with Gasteiger partial charge in [0.25, 0.3) is 5.91 Å². The number of nitrogens with zero attached hydrogens (tertiary/aromatic N) is 1. The predicted octanol–water partition coefficient (Wildman–Crippen LogP) is 4.74. The molecule has 2 aliphatic carbocycles. The average Bonchev–Trinajstić information content (AvgIpc) is 3.63. The monoisotopic (exact) mass is 456 g/mol. The topological polar surface area (TPSA) is 95.9 Å². The molecule has 2 N–H and O–H groups in total. The van der Waals surface area contributed by atoms with Crippen LogP contribution in [0.15, 0.2) is 72.8 Å². The van der Waals surface area contributed by atoms with E-state index in [1.165, 1.54) is 4.90 Å². The van der Waals surface area contributed by atoms with Crippen LogP contribution in [0.4, 0.5) is 10.5 Å². The van der Waals surface area contributed by atoms with E-state index in [2.05, 4.69) is 29.6 Å². The van der Waals surface area contributed by atoms with E-state index in [1.54, 1.807) is 24.3 Å². The molecule has 3 aromatic rings. The lowest BCUT2D eigenvalue weighted by Gasteiger charge is -2.20. The molecule has 2 aliphatic rings. The molecule has 0 unspecified atom stereocenters. The van der Waals surface area contributed by atoms with Gasteiger partial charge in [-0.3, -0.25) is 14.9 Å². The molecule has 0 aliphatic heterocycles. The Balaban J connectivity index is 1.25. The lowest BCUT2D eigenvalue weighted by molar-refractivity contribution is -0.137. The number of anilines is 1. The summed E-state index contributed by atoms with van der Waals surface area (Å²) in [7, 11) is 0. The highest BCUT2D eigenvalue weighted by Gasteiger charge is 2.34. The fourth-order valence-electron chi connectivity index (χ4n) is 4.55. The van der Waals surface area contributed by atoms with Crippen LogP contribution in [0.2, 0.25) is 0 Å². The molecule has 7 nitrogen and oxygen atoms in total. The summed E-state index contributed by atoms with van der Waals surface area (Å²) >= 11 is 0. The number of carboxylic acid groups (broad SMARTS) is 1. The zero-order valence-corrected chi connectivity index (χ0v) is 18.4. The second-order valence-corrected chi connectivity index (χ2v) is 8.59. The first-order valence-electron chi connectivity index (χ1n) is 11.3. The summed E-state index contributed by atoms with van der Waals surface area (Å²) in [5, 5.41) is 11.8. The lowest BCUT2D eigenvalue weighted by Crippen LogP contribution is -2.37. The van der Waals surface area contributed by atoms with E-state index in [4.69, 9.17) is 9.84 Å². The summed E-state index contributed by atoms with van der Waals surface area (Å²) in [6, 6.07) is 22.7. The fourth-order valence-corrected chi connectivity index (χ4v) is 4.55. The minimum Gasteiger partial charge on any atom is -0.480 e. The SMILES string of the molecule is O=C(O)CN(C(=O)c1cccc(NC(=O)OCC2c3ccccc3-c3ccccc32)c1)C1CC1. The maximum absolute atomic E-state index is 12.9. The Morgan fingerprint density at radius 3 is 2.18 bits per heavy atom. The second kappa shape index (κ2) is 9.02. The number of carbonyl (C=O) groups is 3. The number of hydrogen-bond donors (Lipinski definition) is 2. The number of carboxylic acids is 1. The van der Waals surface area contributed by atoms with Crippen LogP contribution in [0.3, 0.4) is 0 Å². The molecule has 0 radical (unpaired) electrons. The predicted molar refractivity (Wildman–Crippen MR) is 127 cm³/mol. The summed E-state index contributed by atoms with van der Waals surface area (Å²) in [4.78, 5) is 37.9. The number of carbonyl (C=O) groups excluding carboxylic acids is 2. The van der Waals surface area contributed by atoms with Crippen LogP contribution in [0.1, 0.15) is 40.2 Å². The van der Waals surface area contributed by atoms with Crippen LogP contribution < -0.4 is 5.32 Å². The van der Waals surface area contributed by atoms with Crippen LogP contribution >= 0.6 is 0 Å². The van der Waals surface area contributed by atoms with Gasteiger partial charge in [0.05, 0.1) is 0 Å². The molecule has 172 valence electrons. The van der Waals surface area contributed by atoms with Crippen molar-refractivity contribution in [2.75, 3.05) is 18.5 Å². The number of benzene rings is 3. The largest absolute Gasteiger partial charge is 0.480 e. The van der Waals surface area contributed by atoms with E-state index in [1.807, 2.05) is 24.3 Å². The van der Waals surface area contributed by atoms with Crippen LogP contribution in [0.5, 0.6) is 0 Å². The van der Waals surface area contributed by atoms with Gasteiger partial charge in [0, 0.05) is 23.2 Å². The van der Waals surface area contributed by atoms with Crippen molar-refractivity contribution in [1.29, 1.82) is 0 Å². The molecule has 1 fully saturated rings. The molecule has 1 saturated carbocycles. The summed E-state index contributed by atoms with van der Waals surface area (Å²) in [6.45, 7) is -0.153. The Bertz CT molecular complexity index is 1220. The van der Waals surface area contributed by atoms with Gasteiger partial charge in [0.1, 0.15) is 13.2 Å². The van der Waals surface area contributed by atoms with Crippen molar-refractivity contribution in [1.82, 2.24) is 4.90 Å². The van der Waals surface area contributed by atoms with Crippen molar-refractivity contribution < 1.29 is 24.2 Å². The van der Waals surface area contributed by atoms with Crippen LogP contribution in [0.25, 0.3) is 11.1 Å². The highest BCUT2D eigenvalue weighted by atomic mass is 16.5. The van der Waals surface area contributed by atoms with E-state index in [0.29, 0.717) is 11.3 Å². The van der Waals surface area contributed by atoms with Crippen molar-refractivity contribution in [2.45, 2.75) is 24.8 Å². The first-order chi connectivity index (χ1) is 16.5. The number of amides is 2. The van der Waals surface area contributed by atoms with Gasteiger partial charge in [-0.15, -0.1) is 0 Å². The molecule has 0 bridgehead atoms. The molecule has 7 heteroatoms. The highest BCUT2D eigenvalue weighted by molar-refractivity contribution is 5.98. The maximum atomic E-state index is 12.9. The lowest BCUT2D eigenvalue weighted by atomic mass is 9.98. The molecule has 0 spiro atoms. The molecule has 5 rings (SSSR count). The molecular formula is C27H24N2O5. The maximum Gasteiger partial charge on any atom is 0.411 e. The van der Waals surface area contributed by atoms with Gasteiger partial charge in [-0.1, -0.05) is 54.6 Å². The van der Waals surface area contributed by atoms with Gasteiger partial charge in [0.15, 0.2) is 0 Å². The van der Waals surface area contributed by atoms with Gasteiger partial charge < -0.3 is 14.7 Å². The number of rotatable bonds is 7. The zero-order chi connectivity index (χ0) is 23.7. The summed E-state index contributed by atoms with van der Waals surface area (Å²) in [5.41, 5.74) is 5.30. The number of hydrogen-bond acceptors (Lipinski definition) is 4. The van der Waals surface area contributed by atoms with Crippen molar-refractivity contribution in [2.24, 2.45) is 0 Å². The van der Waals surface area contributed by atoms with Crippen molar-refractivity contribution in [3.8, 4) is 11.1 Å². The van der Waals surface area contributed by atoms with Gasteiger partial charge in [-0.05, 0) is 53.3 Å². The van der Waals surface area contributed by atoms with Gasteiger partial charge in [-0.25, -0.2) is 4.79 Å². The number of ether oxygens (including phenoxy) is 1. The minimum absolute atomic E-state index is 0.0395. The van der Waals surface area contributed by atoms with Crippen LogP contribution in [-0.2, 0) is 9.53 Å². The molecule has 3 aromatic carbocycles. The first-order valence-corrected chi connectivity index (χ1v) is 11.3. The first kappa shape index (κ1) is 21.7. The average molecular weight is 456 g/mol. The Hall–Kier alpha value is -4.13. The Labute approximate surface area is 197 Å². The zero-order valence-electron chi connectivity index (χ0n) is 18.4. The van der Waals surface area contributed by atoms with E-state index in [9.17, 15) is 14.4 Å². The van der Waals surface area contributed by atoms with Crippen molar-refractivity contribution in [3.63, 3.8) is 0 Å². The molecule has 34 heavy (non-hydrogen) atoms. The van der Waals surface area contributed by atoms with E-state index >= 15 is 0 Å². The van der Waals surface area contributed by atoms with Crippen molar-refractivity contribution in [3.05, 3.63) is 89.5 Å². The van der Waals surface area contributed by atoms with E-state index in [0.717, 1.165) is 35.1 Å². The van der Waals surface area contributed by atoms with Crippen molar-refractivity contribution >= 4 is 23.7 Å².